The summed E-state index contributed by atoms with van der Waals surface area (Å²) in [4.78, 5) is 30.7. The molecule has 2 unspecified atom stereocenters. The quantitative estimate of drug-likeness (QED) is 0.451. The van der Waals surface area contributed by atoms with Crippen molar-refractivity contribution in [2.75, 3.05) is 12.5 Å². The molecule has 0 radical (unpaired) electrons. The molecule has 11 heteroatoms. The fourth-order valence-corrected chi connectivity index (χ4v) is 2.21. The molecule has 0 spiro atoms. The van der Waals surface area contributed by atoms with Crippen LogP contribution in [0.2, 0.25) is 0 Å². The van der Waals surface area contributed by atoms with Crippen LogP contribution in [0.5, 0.6) is 0 Å². The second kappa shape index (κ2) is 5.91. The molecule has 0 heterocycles. The zero-order chi connectivity index (χ0) is 13.0. The highest BCUT2D eigenvalue weighted by Crippen LogP contribution is 2.50. The van der Waals surface area contributed by atoms with Crippen LogP contribution in [-0.2, 0) is 18.0 Å². The molecule has 98 valence electrons. The molecule has 0 aromatic carbocycles. The van der Waals surface area contributed by atoms with Crippen molar-refractivity contribution >= 4 is 27.2 Å². The minimum Gasteiger partial charge on any atom is -0.790 e. The van der Waals surface area contributed by atoms with Crippen LogP contribution in [0, 0.1) is 0 Å². The Hall–Kier alpha value is 0.510. The molecule has 0 rings (SSSR count). The van der Waals surface area contributed by atoms with E-state index >= 15 is 0 Å². The lowest BCUT2D eigenvalue weighted by Crippen LogP contribution is -2.28. The summed E-state index contributed by atoms with van der Waals surface area (Å²) in [5.41, 5.74) is -1.36. The third-order valence-electron chi connectivity index (χ3n) is 1.38. The van der Waals surface area contributed by atoms with Gasteiger partial charge < -0.3 is 28.9 Å². The van der Waals surface area contributed by atoms with E-state index < -0.39 is 27.9 Å². The summed E-state index contributed by atoms with van der Waals surface area (Å²) in [5.74, 6) is -0.165. The average molecular weight is 296 g/mol. The molecule has 1 N–H and O–H groups in total. The van der Waals surface area contributed by atoms with Crippen LogP contribution in [0.15, 0.2) is 0 Å². The van der Waals surface area contributed by atoms with Gasteiger partial charge in [0, 0.05) is 6.42 Å². The largest absolute Gasteiger partial charge is 0.790 e. The van der Waals surface area contributed by atoms with Gasteiger partial charge in [-0.25, -0.2) is 0 Å². The van der Waals surface area contributed by atoms with E-state index in [1.165, 1.54) is 6.92 Å². The Bertz CT molecular complexity index is 312. The van der Waals surface area contributed by atoms with Gasteiger partial charge in [-0.1, -0.05) is 0 Å². The van der Waals surface area contributed by atoms with Crippen LogP contribution in [0.1, 0.15) is 13.3 Å². The molecule has 0 aliphatic heterocycles. The molecule has 0 aliphatic rings. The van der Waals surface area contributed by atoms with Gasteiger partial charge in [0.05, 0.1) is 25.9 Å². The van der Waals surface area contributed by atoms with Gasteiger partial charge >= 0.3 is 0 Å². The number of halogens is 1. The highest BCUT2D eigenvalue weighted by molar-refractivity contribution is 7.58. The second-order valence-electron chi connectivity index (χ2n) is 3.19. The van der Waals surface area contributed by atoms with E-state index in [1.807, 2.05) is 0 Å². The van der Waals surface area contributed by atoms with Gasteiger partial charge in [-0.2, -0.15) is 0 Å². The van der Waals surface area contributed by atoms with Crippen LogP contribution in [-0.4, -0.2) is 23.2 Å². The highest BCUT2D eigenvalue weighted by atomic mass is 35.5. The number of phosphoric ester groups is 1. The van der Waals surface area contributed by atoms with Gasteiger partial charge in [0.1, 0.15) is 0 Å². The molecule has 8 nitrogen and oxygen atoms in total. The van der Waals surface area contributed by atoms with Crippen molar-refractivity contribution in [2.45, 2.75) is 18.9 Å². The monoisotopic (exact) mass is 295 g/mol. The Morgan fingerprint density at radius 1 is 1.38 bits per heavy atom. The van der Waals surface area contributed by atoms with Crippen molar-refractivity contribution in [3.63, 3.8) is 0 Å². The van der Waals surface area contributed by atoms with Crippen molar-refractivity contribution in [1.29, 1.82) is 0 Å². The topological polar surface area (TPSA) is 142 Å². The van der Waals surface area contributed by atoms with Crippen LogP contribution in [0.4, 0.5) is 0 Å². The first-order valence-corrected chi connectivity index (χ1v) is 7.40. The smallest absolute Gasteiger partial charge is 0.271 e. The summed E-state index contributed by atoms with van der Waals surface area (Å²) < 4.78 is 27.9. The predicted molar refractivity (Wildman–Crippen MR) is 48.2 cm³/mol. The van der Waals surface area contributed by atoms with E-state index in [1.54, 1.807) is 0 Å². The van der Waals surface area contributed by atoms with Crippen LogP contribution in [0.3, 0.4) is 0 Å². The zero-order valence-corrected chi connectivity index (χ0v) is 10.7. The number of aliphatic hydroxyl groups is 1. The average Bonchev–Trinajstić information content (AvgIpc) is 1.98. The number of alkyl halides is 1. The summed E-state index contributed by atoms with van der Waals surface area (Å²) in [6.45, 7) is 0.770. The van der Waals surface area contributed by atoms with Gasteiger partial charge in [-0.05, 0) is 6.92 Å². The summed E-state index contributed by atoms with van der Waals surface area (Å²) in [7, 11) is -10.9. The summed E-state index contributed by atoms with van der Waals surface area (Å²) >= 11 is 5.32. The fraction of sp³-hybridized carbons (Fsp3) is 1.00. The maximum absolute atomic E-state index is 10.7. The molecule has 0 aromatic heterocycles. The summed E-state index contributed by atoms with van der Waals surface area (Å²) in [5, 5.41) is 9.33. The fourth-order valence-electron chi connectivity index (χ4n) is 0.590. The first-order valence-electron chi connectivity index (χ1n) is 3.95. The molecule has 0 aliphatic carbocycles. The molecule has 0 saturated carbocycles. The SMILES string of the molecule is CC(O)(CCl)CCOP(=O)([O-])OP(=O)([O-])[O-]. The number of rotatable bonds is 7. The van der Waals surface area contributed by atoms with E-state index in [0.29, 0.717) is 0 Å². The van der Waals surface area contributed by atoms with Gasteiger partial charge in [0.2, 0.25) is 0 Å². The van der Waals surface area contributed by atoms with Crippen molar-refractivity contribution in [3.05, 3.63) is 0 Å². The Balaban J connectivity index is 4.11. The summed E-state index contributed by atoms with van der Waals surface area (Å²) in [6, 6.07) is 0. The van der Waals surface area contributed by atoms with E-state index in [-0.39, 0.29) is 12.3 Å². The van der Waals surface area contributed by atoms with Crippen molar-refractivity contribution in [3.8, 4) is 0 Å². The first-order chi connectivity index (χ1) is 6.97. The Morgan fingerprint density at radius 3 is 2.25 bits per heavy atom. The van der Waals surface area contributed by atoms with Gasteiger partial charge in [0.25, 0.3) is 7.82 Å². The van der Waals surface area contributed by atoms with E-state index in [2.05, 4.69) is 8.83 Å². The van der Waals surface area contributed by atoms with Crippen LogP contribution in [0.25, 0.3) is 0 Å². The predicted octanol–water partition coefficient (Wildman–Crippen LogP) is -1.30. The van der Waals surface area contributed by atoms with E-state index in [4.69, 9.17) is 11.6 Å². The molecule has 0 aromatic rings. The third-order valence-corrected chi connectivity index (χ3v) is 4.05. The van der Waals surface area contributed by atoms with E-state index in [9.17, 15) is 28.9 Å². The Labute approximate surface area is 97.0 Å². The maximum Gasteiger partial charge on any atom is 0.271 e. The lowest BCUT2D eigenvalue weighted by Gasteiger charge is -2.35. The minimum absolute atomic E-state index is 0.165. The number of phosphoric acid groups is 2. The second-order valence-corrected chi connectivity index (χ2v) is 6.16. The third kappa shape index (κ3) is 8.64. The normalized spacial score (nSPS) is 20.1. The molecule has 0 saturated heterocycles. The van der Waals surface area contributed by atoms with Gasteiger partial charge in [-0.15, -0.1) is 11.6 Å². The Kier molecular flexibility index (Phi) is 6.10. The van der Waals surface area contributed by atoms with E-state index in [0.717, 1.165) is 0 Å². The molecular formula is C5H10ClO8P2-3. The maximum atomic E-state index is 10.7. The van der Waals surface area contributed by atoms with Gasteiger partial charge in [0.15, 0.2) is 0 Å². The lowest BCUT2D eigenvalue weighted by atomic mass is 10.1. The zero-order valence-electron chi connectivity index (χ0n) is 8.20. The molecule has 0 amide bonds. The van der Waals surface area contributed by atoms with Gasteiger partial charge in [-0.3, -0.25) is 8.88 Å². The molecule has 0 bridgehead atoms. The number of hydrogen-bond donors (Lipinski definition) is 1. The van der Waals surface area contributed by atoms with Crippen molar-refractivity contribution in [2.24, 2.45) is 0 Å². The summed E-state index contributed by atoms with van der Waals surface area (Å²) in [6.07, 6.45) is -0.173. The molecular weight excluding hydrogens is 285 g/mol. The van der Waals surface area contributed by atoms with Crippen LogP contribution >= 0.6 is 27.2 Å². The first kappa shape index (κ1) is 16.5. The Morgan fingerprint density at radius 2 is 1.88 bits per heavy atom. The molecule has 0 fully saturated rings. The molecule has 16 heavy (non-hydrogen) atoms. The molecule has 2 atom stereocenters. The standard InChI is InChI=1S/C5H13ClO8P2/c1-5(7,4-6)2-3-13-16(11,12)14-15(8,9)10/h7H,2-4H2,1H3,(H,11,12)(H2,8,9,10)/p-3. The highest BCUT2D eigenvalue weighted by Gasteiger charge is 2.20. The van der Waals surface area contributed by atoms with Crippen LogP contribution < -0.4 is 14.7 Å². The van der Waals surface area contributed by atoms with Crippen molar-refractivity contribution in [1.82, 2.24) is 0 Å². The minimum atomic E-state index is -5.66. The van der Waals surface area contributed by atoms with Crippen molar-refractivity contribution < 1.29 is 37.8 Å². The number of hydrogen-bond acceptors (Lipinski definition) is 8. The lowest BCUT2D eigenvalue weighted by molar-refractivity contribution is -0.339.